The van der Waals surface area contributed by atoms with E-state index < -0.39 is 25.7 Å². The van der Waals surface area contributed by atoms with Gasteiger partial charge >= 0.3 is 5.63 Å². The Hall–Kier alpha value is -4.21. The highest BCUT2D eigenvalue weighted by molar-refractivity contribution is 8.10. The third kappa shape index (κ3) is 4.62. The number of anilines is 1. The summed E-state index contributed by atoms with van der Waals surface area (Å²) >= 11 is 0. The Labute approximate surface area is 220 Å². The van der Waals surface area contributed by atoms with Crippen molar-refractivity contribution in [2.75, 3.05) is 3.71 Å². The molecular formula is C29H23NO6S2. The molecule has 0 unspecified atom stereocenters. The van der Waals surface area contributed by atoms with Crippen molar-refractivity contribution in [3.63, 3.8) is 0 Å². The average Bonchev–Trinajstić information content (AvgIpc) is 2.89. The van der Waals surface area contributed by atoms with Crippen LogP contribution in [0.1, 0.15) is 11.1 Å². The van der Waals surface area contributed by atoms with E-state index in [4.69, 9.17) is 4.42 Å². The maximum atomic E-state index is 13.9. The Morgan fingerprint density at radius 1 is 0.632 bits per heavy atom. The quantitative estimate of drug-likeness (QED) is 0.255. The highest BCUT2D eigenvalue weighted by atomic mass is 32.3. The molecule has 7 nitrogen and oxygen atoms in total. The number of hydrogen-bond donors (Lipinski definition) is 0. The highest BCUT2D eigenvalue weighted by Gasteiger charge is 2.37. The summed E-state index contributed by atoms with van der Waals surface area (Å²) < 4.78 is 61.6. The summed E-state index contributed by atoms with van der Waals surface area (Å²) in [5.74, 6) is 0. The Kier molecular flexibility index (Phi) is 6.42. The van der Waals surface area contributed by atoms with E-state index in [1.807, 2.05) is 6.07 Å². The van der Waals surface area contributed by atoms with Crippen molar-refractivity contribution in [2.24, 2.45) is 0 Å². The molecule has 0 aliphatic heterocycles. The van der Waals surface area contributed by atoms with Crippen molar-refractivity contribution in [3.8, 4) is 11.1 Å². The van der Waals surface area contributed by atoms with Crippen LogP contribution in [0.15, 0.2) is 122 Å². The second kappa shape index (κ2) is 9.59. The van der Waals surface area contributed by atoms with E-state index in [0.717, 1.165) is 11.1 Å². The molecular weight excluding hydrogens is 522 g/mol. The zero-order valence-corrected chi connectivity index (χ0v) is 22.2. The first-order valence-electron chi connectivity index (χ1n) is 11.6. The van der Waals surface area contributed by atoms with Gasteiger partial charge in [0.2, 0.25) is 0 Å². The fourth-order valence-electron chi connectivity index (χ4n) is 4.14. The minimum atomic E-state index is -4.59. The number of nitrogens with zero attached hydrogens (tertiary/aromatic N) is 1. The number of rotatable bonds is 6. The fourth-order valence-corrected chi connectivity index (χ4v) is 7.81. The Morgan fingerprint density at radius 2 is 1.16 bits per heavy atom. The van der Waals surface area contributed by atoms with E-state index in [-0.39, 0.29) is 21.1 Å². The van der Waals surface area contributed by atoms with Crippen molar-refractivity contribution in [2.45, 2.75) is 23.6 Å². The minimum absolute atomic E-state index is 0.121. The maximum absolute atomic E-state index is 13.9. The van der Waals surface area contributed by atoms with Crippen molar-refractivity contribution in [1.29, 1.82) is 0 Å². The van der Waals surface area contributed by atoms with Crippen LogP contribution in [0.2, 0.25) is 0 Å². The molecule has 0 aliphatic rings. The van der Waals surface area contributed by atoms with Gasteiger partial charge in [-0.1, -0.05) is 65.7 Å². The lowest BCUT2D eigenvalue weighted by molar-refractivity contribution is 0.561. The van der Waals surface area contributed by atoms with Gasteiger partial charge in [0, 0.05) is 11.5 Å². The van der Waals surface area contributed by atoms with E-state index in [1.54, 1.807) is 62.4 Å². The number of benzene rings is 4. The van der Waals surface area contributed by atoms with Gasteiger partial charge in [0.05, 0.1) is 15.5 Å². The molecule has 0 spiro atoms. The van der Waals surface area contributed by atoms with Gasteiger partial charge in [-0.25, -0.2) is 21.6 Å². The van der Waals surface area contributed by atoms with Crippen LogP contribution in [-0.4, -0.2) is 16.8 Å². The lowest BCUT2D eigenvalue weighted by atomic mass is 10.0. The van der Waals surface area contributed by atoms with Crippen molar-refractivity contribution in [3.05, 3.63) is 125 Å². The first-order valence-corrected chi connectivity index (χ1v) is 14.5. The van der Waals surface area contributed by atoms with Gasteiger partial charge in [-0.2, -0.15) is 3.71 Å². The summed E-state index contributed by atoms with van der Waals surface area (Å²) in [6, 6.07) is 26.4. The average molecular weight is 546 g/mol. The van der Waals surface area contributed by atoms with E-state index in [2.05, 4.69) is 0 Å². The predicted molar refractivity (Wildman–Crippen MR) is 147 cm³/mol. The first-order chi connectivity index (χ1) is 18.1. The molecule has 0 bridgehead atoms. The second-order valence-corrected chi connectivity index (χ2v) is 12.7. The van der Waals surface area contributed by atoms with Crippen molar-refractivity contribution >= 4 is 36.7 Å². The SMILES string of the molecule is Cc1ccc(S(=O)(=O)N(c2ccc3oc(=O)cc(-c4ccccc4)c3c2)S(=O)(=O)c2ccc(C)cc2)cc1. The maximum Gasteiger partial charge on any atom is 0.336 e. The molecule has 0 radical (unpaired) electrons. The fraction of sp³-hybridized carbons (Fsp3) is 0.0690. The van der Waals surface area contributed by atoms with Gasteiger partial charge in [-0.15, -0.1) is 0 Å². The van der Waals surface area contributed by atoms with Crippen molar-refractivity contribution < 1.29 is 21.3 Å². The Balaban J connectivity index is 1.80. The molecule has 5 aromatic rings. The number of hydrogen-bond acceptors (Lipinski definition) is 6. The monoisotopic (exact) mass is 545 g/mol. The molecule has 38 heavy (non-hydrogen) atoms. The molecule has 4 aromatic carbocycles. The third-order valence-electron chi connectivity index (χ3n) is 6.10. The van der Waals surface area contributed by atoms with Crippen LogP contribution < -0.4 is 9.34 Å². The Bertz CT molecular complexity index is 1840. The summed E-state index contributed by atoms with van der Waals surface area (Å²) in [5, 5.41) is 0.386. The van der Waals surface area contributed by atoms with E-state index >= 15 is 0 Å². The molecule has 1 aromatic heterocycles. The number of fused-ring (bicyclic) bond motifs is 1. The molecule has 0 fully saturated rings. The second-order valence-electron chi connectivity index (χ2n) is 8.86. The van der Waals surface area contributed by atoms with Crippen molar-refractivity contribution in [1.82, 2.24) is 0 Å². The molecule has 192 valence electrons. The Morgan fingerprint density at radius 3 is 1.68 bits per heavy atom. The van der Waals surface area contributed by atoms with E-state index in [0.29, 0.717) is 20.2 Å². The molecule has 5 rings (SSSR count). The third-order valence-corrected chi connectivity index (χ3v) is 10.3. The summed E-state index contributed by atoms with van der Waals surface area (Å²) in [6.07, 6.45) is 0. The summed E-state index contributed by atoms with van der Waals surface area (Å²) in [4.78, 5) is 11.9. The zero-order valence-electron chi connectivity index (χ0n) is 20.5. The zero-order chi connectivity index (χ0) is 27.1. The molecule has 0 N–H and O–H groups in total. The van der Waals surface area contributed by atoms with Gasteiger partial charge in [-0.3, -0.25) is 0 Å². The highest BCUT2D eigenvalue weighted by Crippen LogP contribution is 2.35. The molecule has 0 amide bonds. The van der Waals surface area contributed by atoms with Crippen LogP contribution in [0, 0.1) is 13.8 Å². The standard InChI is InChI=1S/C29H23NO6S2/c1-20-8-13-24(14-9-20)37(32,33)30(38(34,35)25-15-10-21(2)11-16-25)23-12-17-28-27(18-23)26(19-29(31)36-28)22-6-4-3-5-7-22/h3-19H,1-2H3. The summed E-state index contributed by atoms with van der Waals surface area (Å²) in [5.41, 5.74) is 2.32. The first kappa shape index (κ1) is 25.4. The van der Waals surface area contributed by atoms with Gasteiger partial charge < -0.3 is 4.42 Å². The summed E-state index contributed by atoms with van der Waals surface area (Å²) in [6.45, 7) is 3.61. The van der Waals surface area contributed by atoms with Gasteiger partial charge in [0.15, 0.2) is 0 Å². The van der Waals surface area contributed by atoms with Crippen LogP contribution in [0.25, 0.3) is 22.1 Å². The molecule has 0 saturated carbocycles. The molecule has 9 heteroatoms. The lowest BCUT2D eigenvalue weighted by Crippen LogP contribution is -2.37. The minimum Gasteiger partial charge on any atom is -0.423 e. The van der Waals surface area contributed by atoms with Crippen LogP contribution in [0.3, 0.4) is 0 Å². The van der Waals surface area contributed by atoms with E-state index in [9.17, 15) is 21.6 Å². The normalized spacial score (nSPS) is 11.9. The molecule has 0 aliphatic carbocycles. The number of aryl methyl sites for hydroxylation is 2. The molecule has 0 saturated heterocycles. The van der Waals surface area contributed by atoms with Gasteiger partial charge in [-0.05, 0) is 67.4 Å². The van der Waals surface area contributed by atoms with Crippen LogP contribution >= 0.6 is 0 Å². The topological polar surface area (TPSA) is 102 Å². The van der Waals surface area contributed by atoms with E-state index in [1.165, 1.54) is 48.5 Å². The molecule has 1 heterocycles. The predicted octanol–water partition coefficient (Wildman–Crippen LogP) is 5.66. The lowest BCUT2D eigenvalue weighted by Gasteiger charge is -2.24. The van der Waals surface area contributed by atoms with Crippen LogP contribution in [0.4, 0.5) is 5.69 Å². The van der Waals surface area contributed by atoms with Crippen LogP contribution in [-0.2, 0) is 20.0 Å². The van der Waals surface area contributed by atoms with Crippen LogP contribution in [0.5, 0.6) is 0 Å². The van der Waals surface area contributed by atoms with Gasteiger partial charge in [0.1, 0.15) is 5.58 Å². The smallest absolute Gasteiger partial charge is 0.336 e. The molecule has 0 atom stereocenters. The van der Waals surface area contributed by atoms with Gasteiger partial charge in [0.25, 0.3) is 20.0 Å². The summed E-state index contributed by atoms with van der Waals surface area (Å²) in [7, 11) is -9.18. The largest absolute Gasteiger partial charge is 0.423 e. The number of sulfonamides is 2.